The number of pyridine rings is 1. The van der Waals surface area contributed by atoms with Crippen LogP contribution < -0.4 is 5.32 Å². The summed E-state index contributed by atoms with van der Waals surface area (Å²) in [6, 6.07) is 4.58. The molecule has 0 aliphatic rings. The Balaban J connectivity index is 2.57. The zero-order valence-corrected chi connectivity index (χ0v) is 13.5. The highest BCUT2D eigenvalue weighted by Crippen LogP contribution is 2.25. The first kappa shape index (κ1) is 16.5. The highest BCUT2D eigenvalue weighted by Gasteiger charge is 2.11. The molecule has 1 atom stereocenters. The molecule has 0 amide bonds. The minimum absolute atomic E-state index is 0.370. The van der Waals surface area contributed by atoms with Gasteiger partial charge in [0.1, 0.15) is 5.03 Å². The summed E-state index contributed by atoms with van der Waals surface area (Å²) in [6.07, 6.45) is 1.89. The first-order valence-corrected chi connectivity index (χ1v) is 8.24. The molecule has 0 radical (unpaired) electrons. The number of aromatic nitrogens is 1. The van der Waals surface area contributed by atoms with E-state index >= 15 is 0 Å². The fourth-order valence-electron chi connectivity index (χ4n) is 2.08. The van der Waals surface area contributed by atoms with E-state index in [2.05, 4.69) is 49.0 Å². The third kappa shape index (κ3) is 5.51. The van der Waals surface area contributed by atoms with Crippen molar-refractivity contribution in [2.45, 2.75) is 38.8 Å². The first-order valence-electron chi connectivity index (χ1n) is 7.26. The Morgan fingerprint density at radius 1 is 1.32 bits per heavy atom. The molecule has 4 heteroatoms. The molecule has 1 aromatic rings. The normalized spacial score (nSPS) is 12.9. The third-order valence-electron chi connectivity index (χ3n) is 3.32. The Hall–Kier alpha value is -0.580. The van der Waals surface area contributed by atoms with E-state index in [0.29, 0.717) is 6.04 Å². The van der Waals surface area contributed by atoms with Gasteiger partial charge in [0.15, 0.2) is 0 Å². The van der Waals surface area contributed by atoms with E-state index in [0.717, 1.165) is 31.9 Å². The molecule has 3 nitrogen and oxygen atoms in total. The zero-order valence-electron chi connectivity index (χ0n) is 12.6. The van der Waals surface area contributed by atoms with E-state index in [1.54, 1.807) is 0 Å². The van der Waals surface area contributed by atoms with Crippen molar-refractivity contribution >= 4 is 11.8 Å². The van der Waals surface area contributed by atoms with E-state index in [1.807, 2.05) is 24.0 Å². The van der Waals surface area contributed by atoms with Gasteiger partial charge in [-0.1, -0.05) is 26.8 Å². The van der Waals surface area contributed by atoms with Crippen LogP contribution in [-0.2, 0) is 0 Å². The maximum absolute atomic E-state index is 4.53. The summed E-state index contributed by atoms with van der Waals surface area (Å²) >= 11 is 1.87. The van der Waals surface area contributed by atoms with Crippen LogP contribution in [0.25, 0.3) is 0 Å². The lowest BCUT2D eigenvalue weighted by molar-refractivity contribution is 0.324. The highest BCUT2D eigenvalue weighted by molar-refractivity contribution is 7.99. The van der Waals surface area contributed by atoms with Crippen molar-refractivity contribution in [2.24, 2.45) is 0 Å². The van der Waals surface area contributed by atoms with E-state index < -0.39 is 0 Å². The molecule has 19 heavy (non-hydrogen) atoms. The Morgan fingerprint density at radius 3 is 2.68 bits per heavy atom. The second-order valence-corrected chi connectivity index (χ2v) is 5.64. The molecule has 0 aromatic carbocycles. The zero-order chi connectivity index (χ0) is 14.1. The minimum atomic E-state index is 0.370. The van der Waals surface area contributed by atoms with Crippen LogP contribution in [0.2, 0.25) is 0 Å². The SMILES string of the molecule is CCNC(C)c1cccnc1SCCN(CC)CC. The van der Waals surface area contributed by atoms with Gasteiger partial charge in [-0.05, 0) is 32.6 Å². The van der Waals surface area contributed by atoms with Gasteiger partial charge < -0.3 is 10.2 Å². The second-order valence-electron chi connectivity index (χ2n) is 4.55. The first-order chi connectivity index (χ1) is 9.22. The van der Waals surface area contributed by atoms with Crippen molar-refractivity contribution in [2.75, 3.05) is 31.9 Å². The van der Waals surface area contributed by atoms with E-state index in [-0.39, 0.29) is 0 Å². The van der Waals surface area contributed by atoms with Crippen LogP contribution in [0, 0.1) is 0 Å². The van der Waals surface area contributed by atoms with Crippen LogP contribution in [0.15, 0.2) is 23.4 Å². The lowest BCUT2D eigenvalue weighted by atomic mass is 10.1. The largest absolute Gasteiger partial charge is 0.310 e. The molecule has 108 valence electrons. The van der Waals surface area contributed by atoms with Crippen molar-refractivity contribution in [3.8, 4) is 0 Å². The lowest BCUT2D eigenvalue weighted by Crippen LogP contribution is -2.25. The number of thioether (sulfide) groups is 1. The van der Waals surface area contributed by atoms with Gasteiger partial charge in [0.25, 0.3) is 0 Å². The smallest absolute Gasteiger partial charge is 0.101 e. The molecule has 1 N–H and O–H groups in total. The Morgan fingerprint density at radius 2 is 2.05 bits per heavy atom. The van der Waals surface area contributed by atoms with Gasteiger partial charge in [-0.25, -0.2) is 4.98 Å². The minimum Gasteiger partial charge on any atom is -0.310 e. The molecule has 1 heterocycles. The standard InChI is InChI=1S/C15H27N3S/c1-5-16-13(4)14-9-8-10-17-15(14)19-12-11-18(6-2)7-3/h8-10,13,16H,5-7,11-12H2,1-4H3. The summed E-state index contributed by atoms with van der Waals surface area (Å²) in [5.41, 5.74) is 1.31. The summed E-state index contributed by atoms with van der Waals surface area (Å²) in [5, 5.41) is 4.63. The average molecular weight is 281 g/mol. The summed E-state index contributed by atoms with van der Waals surface area (Å²) in [5.74, 6) is 1.10. The van der Waals surface area contributed by atoms with Crippen LogP contribution in [0.5, 0.6) is 0 Å². The van der Waals surface area contributed by atoms with Crippen molar-refractivity contribution in [3.05, 3.63) is 23.9 Å². The molecule has 1 unspecified atom stereocenters. The lowest BCUT2D eigenvalue weighted by Gasteiger charge is -2.19. The molecular formula is C15H27N3S. The summed E-state index contributed by atoms with van der Waals surface area (Å²) in [4.78, 5) is 6.98. The van der Waals surface area contributed by atoms with E-state index in [9.17, 15) is 0 Å². The van der Waals surface area contributed by atoms with Crippen molar-refractivity contribution in [3.63, 3.8) is 0 Å². The molecule has 0 bridgehead atoms. The fraction of sp³-hybridized carbons (Fsp3) is 0.667. The van der Waals surface area contributed by atoms with Gasteiger partial charge in [-0.3, -0.25) is 0 Å². The van der Waals surface area contributed by atoms with Crippen LogP contribution >= 0.6 is 11.8 Å². The molecule has 0 aliphatic heterocycles. The van der Waals surface area contributed by atoms with Crippen LogP contribution in [0.4, 0.5) is 0 Å². The Labute approximate surface area is 122 Å². The van der Waals surface area contributed by atoms with Gasteiger partial charge in [-0.15, -0.1) is 11.8 Å². The van der Waals surface area contributed by atoms with Crippen LogP contribution in [-0.4, -0.2) is 41.8 Å². The van der Waals surface area contributed by atoms with E-state index in [1.165, 1.54) is 10.6 Å². The molecule has 0 aliphatic carbocycles. The van der Waals surface area contributed by atoms with Crippen molar-refractivity contribution in [1.29, 1.82) is 0 Å². The number of rotatable bonds is 9. The molecule has 0 spiro atoms. The van der Waals surface area contributed by atoms with Crippen LogP contribution in [0.1, 0.15) is 39.3 Å². The summed E-state index contributed by atoms with van der Waals surface area (Å²) < 4.78 is 0. The molecule has 1 aromatic heterocycles. The predicted octanol–water partition coefficient (Wildman–Crippen LogP) is 3.19. The number of hydrogen-bond acceptors (Lipinski definition) is 4. The maximum Gasteiger partial charge on any atom is 0.101 e. The van der Waals surface area contributed by atoms with Gasteiger partial charge in [0.05, 0.1) is 0 Å². The van der Waals surface area contributed by atoms with Crippen LogP contribution in [0.3, 0.4) is 0 Å². The number of nitrogens with one attached hydrogen (secondary N) is 1. The maximum atomic E-state index is 4.53. The van der Waals surface area contributed by atoms with Crippen molar-refractivity contribution < 1.29 is 0 Å². The third-order valence-corrected chi connectivity index (χ3v) is 4.32. The second kappa shape index (κ2) is 9.34. The highest BCUT2D eigenvalue weighted by atomic mass is 32.2. The van der Waals surface area contributed by atoms with Gasteiger partial charge in [0.2, 0.25) is 0 Å². The molecule has 1 rings (SSSR count). The summed E-state index contributed by atoms with van der Waals surface area (Å²) in [6.45, 7) is 13.1. The molecule has 0 saturated carbocycles. The molecule has 0 fully saturated rings. The topological polar surface area (TPSA) is 28.2 Å². The van der Waals surface area contributed by atoms with Gasteiger partial charge in [0, 0.05) is 30.1 Å². The molecule has 0 saturated heterocycles. The average Bonchev–Trinajstić information content (AvgIpc) is 2.44. The Kier molecular flexibility index (Phi) is 8.10. The number of hydrogen-bond donors (Lipinski definition) is 1. The van der Waals surface area contributed by atoms with E-state index in [4.69, 9.17) is 0 Å². The van der Waals surface area contributed by atoms with Crippen molar-refractivity contribution in [1.82, 2.24) is 15.2 Å². The van der Waals surface area contributed by atoms with Gasteiger partial charge >= 0.3 is 0 Å². The molecular weight excluding hydrogens is 254 g/mol. The number of nitrogens with zero attached hydrogens (tertiary/aromatic N) is 2. The fourth-order valence-corrected chi connectivity index (χ4v) is 3.17. The summed E-state index contributed by atoms with van der Waals surface area (Å²) in [7, 11) is 0. The monoisotopic (exact) mass is 281 g/mol. The quantitative estimate of drug-likeness (QED) is 0.704. The Bertz CT molecular complexity index is 353. The van der Waals surface area contributed by atoms with Gasteiger partial charge in [-0.2, -0.15) is 0 Å². The predicted molar refractivity (Wildman–Crippen MR) is 84.8 cm³/mol.